The van der Waals surface area contributed by atoms with Crippen molar-refractivity contribution in [3.63, 3.8) is 0 Å². The summed E-state index contributed by atoms with van der Waals surface area (Å²) in [6, 6.07) is 40.0. The van der Waals surface area contributed by atoms with Crippen LogP contribution in [-0.2, 0) is 11.0 Å². The summed E-state index contributed by atoms with van der Waals surface area (Å²) in [7, 11) is -1.24. The number of nitrogens with one attached hydrogen (secondary N) is 1. The largest absolute Gasteiger partial charge is 0.328 e. The van der Waals surface area contributed by atoms with Gasteiger partial charge in [-0.2, -0.15) is 0 Å². The Hall–Kier alpha value is -4.06. The Morgan fingerprint density at radius 3 is 1.51 bits per heavy atom. The Kier molecular flexibility index (Phi) is 7.35. The molecule has 4 nitrogen and oxygen atoms in total. The van der Waals surface area contributed by atoms with Gasteiger partial charge < -0.3 is 4.98 Å². The Bertz CT molecular complexity index is 1600. The van der Waals surface area contributed by atoms with E-state index in [1.54, 1.807) is 12.3 Å². The van der Waals surface area contributed by atoms with E-state index < -0.39 is 11.0 Å². The van der Waals surface area contributed by atoms with Gasteiger partial charge in [0.25, 0.3) is 0 Å². The summed E-state index contributed by atoms with van der Waals surface area (Å²) < 4.78 is 14.9. The number of hydrogen-bond acceptors (Lipinski definition) is 2. The third kappa shape index (κ3) is 5.70. The highest BCUT2D eigenvalue weighted by Gasteiger charge is 2.24. The number of pyridine rings is 1. The van der Waals surface area contributed by atoms with Gasteiger partial charge in [0.15, 0.2) is 0 Å². The second kappa shape index (κ2) is 11.4. The number of benzene rings is 4. The lowest BCUT2D eigenvalue weighted by Gasteiger charge is -2.31. The molecule has 0 saturated carbocycles. The van der Waals surface area contributed by atoms with Crippen LogP contribution in [0.5, 0.6) is 0 Å². The van der Waals surface area contributed by atoms with Crippen molar-refractivity contribution in [1.82, 2.24) is 9.29 Å². The predicted molar refractivity (Wildman–Crippen MR) is 160 cm³/mol. The molecule has 0 spiro atoms. The van der Waals surface area contributed by atoms with E-state index >= 15 is 0 Å². The van der Waals surface area contributed by atoms with Crippen LogP contribution in [0.1, 0.15) is 24.3 Å². The minimum absolute atomic E-state index is 0.178. The molecule has 1 aliphatic heterocycles. The van der Waals surface area contributed by atoms with Crippen LogP contribution in [0.25, 0.3) is 33.4 Å². The van der Waals surface area contributed by atoms with Gasteiger partial charge in [0, 0.05) is 25.4 Å². The maximum absolute atomic E-state index is 12.9. The van der Waals surface area contributed by atoms with E-state index in [-0.39, 0.29) is 5.56 Å². The molecule has 0 radical (unpaired) electrons. The number of H-pyrrole nitrogens is 1. The van der Waals surface area contributed by atoms with Gasteiger partial charge in [-0.3, -0.25) is 4.79 Å². The van der Waals surface area contributed by atoms with Crippen molar-refractivity contribution >= 4 is 11.0 Å². The van der Waals surface area contributed by atoms with Gasteiger partial charge in [0.2, 0.25) is 5.56 Å². The number of hydrogen-bond donors (Lipinski definition) is 1. The monoisotopic (exact) mass is 530 g/mol. The van der Waals surface area contributed by atoms with Crippen LogP contribution in [0.3, 0.4) is 0 Å². The second-order valence-electron chi connectivity index (χ2n) is 9.98. The topological polar surface area (TPSA) is 53.2 Å². The van der Waals surface area contributed by atoms with Gasteiger partial charge in [-0.25, -0.2) is 8.51 Å². The first-order valence-corrected chi connectivity index (χ1v) is 14.5. The molecule has 194 valence electrons. The molecule has 0 bridgehead atoms. The van der Waals surface area contributed by atoms with Gasteiger partial charge in [0.05, 0.1) is 4.90 Å². The first kappa shape index (κ1) is 25.2. The van der Waals surface area contributed by atoms with Crippen molar-refractivity contribution in [1.29, 1.82) is 0 Å². The highest BCUT2D eigenvalue weighted by molar-refractivity contribution is 7.82. The molecule has 1 saturated heterocycles. The lowest BCUT2D eigenvalue weighted by atomic mass is 9.89. The van der Waals surface area contributed by atoms with Gasteiger partial charge in [-0.1, -0.05) is 103 Å². The molecule has 4 aromatic carbocycles. The SMILES string of the molecule is O=c1ccc(S(=O)N2CCC(c3ccc(-c4ccc(-c5ccc(-c6ccccc6)cc5)cc4)cc3)CC2)c[nH]1. The molecule has 5 heteroatoms. The number of aromatic amines is 1. The Morgan fingerprint density at radius 2 is 1.05 bits per heavy atom. The summed E-state index contributed by atoms with van der Waals surface area (Å²) in [5.74, 6) is 0.462. The smallest absolute Gasteiger partial charge is 0.247 e. The number of aromatic nitrogens is 1. The van der Waals surface area contributed by atoms with E-state index in [2.05, 4.69) is 102 Å². The summed E-state index contributed by atoms with van der Waals surface area (Å²) in [5.41, 5.74) is 8.45. The maximum Gasteiger partial charge on any atom is 0.247 e. The van der Waals surface area contributed by atoms with Crippen molar-refractivity contribution < 1.29 is 4.21 Å². The predicted octanol–water partition coefficient (Wildman–Crippen LogP) is 7.28. The van der Waals surface area contributed by atoms with Crippen LogP contribution in [-0.4, -0.2) is 26.6 Å². The molecule has 5 aromatic rings. The van der Waals surface area contributed by atoms with Crippen LogP contribution >= 0.6 is 0 Å². The van der Waals surface area contributed by atoms with Crippen molar-refractivity contribution in [3.8, 4) is 33.4 Å². The van der Waals surface area contributed by atoms with E-state index in [0.717, 1.165) is 25.9 Å². The zero-order valence-electron chi connectivity index (χ0n) is 21.6. The van der Waals surface area contributed by atoms with Crippen LogP contribution in [0.2, 0.25) is 0 Å². The van der Waals surface area contributed by atoms with Crippen molar-refractivity contribution in [3.05, 3.63) is 137 Å². The fourth-order valence-corrected chi connectivity index (χ4v) is 6.48. The molecule has 1 atom stereocenters. The number of piperidine rings is 1. The fourth-order valence-electron chi connectivity index (χ4n) is 5.30. The molecule has 1 aromatic heterocycles. The molecular formula is C34H30N2O2S. The van der Waals surface area contributed by atoms with Crippen LogP contribution in [0.4, 0.5) is 0 Å². The fraction of sp³-hybridized carbons (Fsp3) is 0.147. The van der Waals surface area contributed by atoms with Crippen molar-refractivity contribution in [2.45, 2.75) is 23.7 Å². The molecule has 1 aliphatic rings. The van der Waals surface area contributed by atoms with E-state index in [1.165, 1.54) is 45.0 Å². The Morgan fingerprint density at radius 1 is 0.590 bits per heavy atom. The molecular weight excluding hydrogens is 500 g/mol. The first-order valence-electron chi connectivity index (χ1n) is 13.4. The van der Waals surface area contributed by atoms with E-state index in [4.69, 9.17) is 0 Å². The molecule has 0 aliphatic carbocycles. The molecule has 0 amide bonds. The van der Waals surface area contributed by atoms with Crippen LogP contribution in [0.15, 0.2) is 131 Å². The maximum atomic E-state index is 12.9. The lowest BCUT2D eigenvalue weighted by Crippen LogP contribution is -2.34. The second-order valence-corrected chi connectivity index (χ2v) is 11.5. The molecule has 1 N–H and O–H groups in total. The van der Waals surface area contributed by atoms with Gasteiger partial charge in [0.1, 0.15) is 11.0 Å². The first-order chi connectivity index (χ1) is 19.1. The summed E-state index contributed by atoms with van der Waals surface area (Å²) in [5, 5.41) is 0. The number of nitrogens with zero attached hydrogens (tertiary/aromatic N) is 1. The van der Waals surface area contributed by atoms with Crippen LogP contribution < -0.4 is 5.56 Å². The summed E-state index contributed by atoms with van der Waals surface area (Å²) >= 11 is 0. The average Bonchev–Trinajstić information content (AvgIpc) is 3.02. The Balaban J connectivity index is 1.08. The van der Waals surface area contributed by atoms with E-state index in [1.807, 2.05) is 10.4 Å². The summed E-state index contributed by atoms with van der Waals surface area (Å²) in [4.78, 5) is 14.6. The van der Waals surface area contributed by atoms with Gasteiger partial charge in [-0.15, -0.1) is 0 Å². The third-order valence-electron chi connectivity index (χ3n) is 7.57. The number of rotatable bonds is 6. The van der Waals surface area contributed by atoms with E-state index in [9.17, 15) is 9.00 Å². The minimum atomic E-state index is -1.24. The zero-order chi connectivity index (χ0) is 26.6. The van der Waals surface area contributed by atoms with Crippen LogP contribution in [0, 0.1) is 0 Å². The molecule has 2 heterocycles. The average molecular weight is 531 g/mol. The van der Waals surface area contributed by atoms with E-state index in [0.29, 0.717) is 10.8 Å². The lowest BCUT2D eigenvalue weighted by molar-refractivity contribution is 0.334. The molecule has 39 heavy (non-hydrogen) atoms. The highest BCUT2D eigenvalue weighted by atomic mass is 32.2. The van der Waals surface area contributed by atoms with Crippen molar-refractivity contribution in [2.75, 3.05) is 13.1 Å². The standard InChI is InChI=1S/C34H30N2O2S/c37-34-19-18-33(24-35-34)39(38)36-22-20-32(21-23-36)31-16-14-30(15-17-31)29-12-10-28(11-13-29)27-8-6-26(7-9-27)25-4-2-1-3-5-25/h1-19,24,32H,20-23H2,(H,35,37). The molecule has 1 unspecified atom stereocenters. The van der Waals surface area contributed by atoms with Crippen molar-refractivity contribution in [2.24, 2.45) is 0 Å². The quantitative estimate of drug-likeness (QED) is 0.251. The molecule has 6 rings (SSSR count). The molecule has 1 fully saturated rings. The minimum Gasteiger partial charge on any atom is -0.328 e. The van der Waals surface area contributed by atoms with Gasteiger partial charge >= 0.3 is 0 Å². The highest BCUT2D eigenvalue weighted by Crippen LogP contribution is 2.32. The summed E-state index contributed by atoms with van der Waals surface area (Å²) in [6.07, 6.45) is 3.48. The normalized spacial score (nSPS) is 15.2. The van der Waals surface area contributed by atoms with Gasteiger partial charge in [-0.05, 0) is 63.8 Å². The zero-order valence-corrected chi connectivity index (χ0v) is 22.4. The Labute approximate surface area is 231 Å². The summed E-state index contributed by atoms with van der Waals surface area (Å²) in [6.45, 7) is 1.54. The third-order valence-corrected chi connectivity index (χ3v) is 9.06.